The van der Waals surface area contributed by atoms with E-state index in [4.69, 9.17) is 0 Å². The third kappa shape index (κ3) is 1.75. The summed E-state index contributed by atoms with van der Waals surface area (Å²) in [5.41, 5.74) is 4.51. The maximum atomic E-state index is 3.48. The Kier molecular flexibility index (Phi) is 2.36. The Hall–Kier alpha value is -0.820. The summed E-state index contributed by atoms with van der Waals surface area (Å²) in [7, 11) is 0. The Morgan fingerprint density at radius 3 is 3.08 bits per heavy atom. The second kappa shape index (κ2) is 3.51. The first-order valence-corrected chi connectivity index (χ1v) is 5.05. The number of hydrogen-bond acceptors (Lipinski definition) is 1. The molecule has 1 nitrogen and oxygen atoms in total. The van der Waals surface area contributed by atoms with Gasteiger partial charge in [0.1, 0.15) is 0 Å². The minimum atomic E-state index is 0.766. The number of nitrogens with one attached hydrogen (secondary N) is 1. The molecule has 0 spiro atoms. The molecule has 2 rings (SSSR count). The predicted octanol–water partition coefficient (Wildman–Crippen LogP) is 2.28. The Balaban J connectivity index is 2.40. The number of benzene rings is 1. The van der Waals surface area contributed by atoms with Crippen LogP contribution in [0.5, 0.6) is 0 Å². The van der Waals surface area contributed by atoms with Crippen LogP contribution in [0.2, 0.25) is 0 Å². The molecule has 0 aliphatic carbocycles. The molecule has 0 bridgehead atoms. The van der Waals surface area contributed by atoms with Crippen molar-refractivity contribution in [2.75, 3.05) is 6.54 Å². The van der Waals surface area contributed by atoms with E-state index in [-0.39, 0.29) is 0 Å². The number of fused-ring (bicyclic) bond motifs is 1. The van der Waals surface area contributed by atoms with Crippen LogP contribution in [0.1, 0.15) is 23.6 Å². The zero-order chi connectivity index (χ0) is 9.26. The highest BCUT2D eigenvalue weighted by Gasteiger charge is 2.13. The molecule has 1 aliphatic rings. The molecule has 1 aromatic carbocycles. The van der Waals surface area contributed by atoms with E-state index in [2.05, 4.69) is 37.4 Å². The number of hydrogen-bond donors (Lipinski definition) is 1. The normalized spacial score (nSPS) is 22.2. The molecule has 1 aliphatic heterocycles. The van der Waals surface area contributed by atoms with Gasteiger partial charge in [0.15, 0.2) is 0 Å². The van der Waals surface area contributed by atoms with Crippen molar-refractivity contribution in [3.8, 4) is 0 Å². The van der Waals surface area contributed by atoms with Crippen LogP contribution < -0.4 is 5.32 Å². The van der Waals surface area contributed by atoms with Gasteiger partial charge in [0.25, 0.3) is 0 Å². The van der Waals surface area contributed by atoms with E-state index in [1.165, 1.54) is 17.5 Å². The topological polar surface area (TPSA) is 12.0 Å². The van der Waals surface area contributed by atoms with Gasteiger partial charge in [-0.3, -0.25) is 0 Å². The molecule has 13 heavy (non-hydrogen) atoms. The van der Waals surface area contributed by atoms with Gasteiger partial charge in [-0.15, -0.1) is 0 Å². The van der Waals surface area contributed by atoms with E-state index in [1.807, 2.05) is 0 Å². The van der Waals surface area contributed by atoms with Crippen LogP contribution in [0, 0.1) is 12.8 Å². The maximum absolute atomic E-state index is 3.48. The molecule has 0 saturated heterocycles. The second-order valence-electron chi connectivity index (χ2n) is 4.15. The van der Waals surface area contributed by atoms with Crippen molar-refractivity contribution in [2.45, 2.75) is 26.8 Å². The van der Waals surface area contributed by atoms with Crippen LogP contribution >= 0.6 is 0 Å². The molecule has 0 fully saturated rings. The molecule has 1 N–H and O–H groups in total. The minimum absolute atomic E-state index is 0.766. The first-order valence-electron chi connectivity index (χ1n) is 5.05. The van der Waals surface area contributed by atoms with E-state index >= 15 is 0 Å². The molecule has 0 amide bonds. The van der Waals surface area contributed by atoms with Crippen molar-refractivity contribution in [3.05, 3.63) is 34.9 Å². The van der Waals surface area contributed by atoms with E-state index in [1.54, 1.807) is 5.56 Å². The van der Waals surface area contributed by atoms with Crippen molar-refractivity contribution in [1.29, 1.82) is 0 Å². The van der Waals surface area contributed by atoms with Gasteiger partial charge in [-0.25, -0.2) is 0 Å². The standard InChI is InChI=1S/C12H17N/c1-9-6-12-10(2)4-3-5-11(12)8-13-7-9/h3-5,9,13H,6-8H2,1-2H3. The molecule has 1 heteroatoms. The van der Waals surface area contributed by atoms with Crippen LogP contribution in [-0.2, 0) is 13.0 Å². The van der Waals surface area contributed by atoms with Crippen LogP contribution in [0.15, 0.2) is 18.2 Å². The van der Waals surface area contributed by atoms with Crippen molar-refractivity contribution < 1.29 is 0 Å². The predicted molar refractivity (Wildman–Crippen MR) is 55.8 cm³/mol. The van der Waals surface area contributed by atoms with Crippen molar-refractivity contribution >= 4 is 0 Å². The summed E-state index contributed by atoms with van der Waals surface area (Å²) in [6.45, 7) is 6.72. The van der Waals surface area contributed by atoms with Gasteiger partial charge in [-0.2, -0.15) is 0 Å². The highest BCUT2D eigenvalue weighted by molar-refractivity contribution is 5.35. The van der Waals surface area contributed by atoms with Crippen molar-refractivity contribution in [2.24, 2.45) is 5.92 Å². The highest BCUT2D eigenvalue weighted by Crippen LogP contribution is 2.20. The maximum Gasteiger partial charge on any atom is 0.0208 e. The summed E-state index contributed by atoms with van der Waals surface area (Å²) in [6.07, 6.45) is 1.23. The van der Waals surface area contributed by atoms with Gasteiger partial charge in [0, 0.05) is 6.54 Å². The lowest BCUT2D eigenvalue weighted by Gasteiger charge is -2.10. The summed E-state index contributed by atoms with van der Waals surface area (Å²) in [5.74, 6) is 0.766. The van der Waals surface area contributed by atoms with E-state index < -0.39 is 0 Å². The third-order valence-corrected chi connectivity index (χ3v) is 2.87. The number of rotatable bonds is 0. The Labute approximate surface area is 80.2 Å². The smallest absolute Gasteiger partial charge is 0.0208 e. The fourth-order valence-electron chi connectivity index (χ4n) is 2.09. The minimum Gasteiger partial charge on any atom is -0.312 e. The molecule has 0 aromatic heterocycles. The van der Waals surface area contributed by atoms with Gasteiger partial charge in [-0.1, -0.05) is 25.1 Å². The third-order valence-electron chi connectivity index (χ3n) is 2.87. The molecule has 0 saturated carbocycles. The van der Waals surface area contributed by atoms with Crippen LogP contribution in [0.4, 0.5) is 0 Å². The summed E-state index contributed by atoms with van der Waals surface area (Å²) >= 11 is 0. The van der Waals surface area contributed by atoms with Crippen LogP contribution in [0.25, 0.3) is 0 Å². The van der Waals surface area contributed by atoms with Crippen molar-refractivity contribution in [1.82, 2.24) is 5.32 Å². The van der Waals surface area contributed by atoms with Gasteiger partial charge >= 0.3 is 0 Å². The van der Waals surface area contributed by atoms with E-state index in [9.17, 15) is 0 Å². The van der Waals surface area contributed by atoms with Gasteiger partial charge in [0.05, 0.1) is 0 Å². The van der Waals surface area contributed by atoms with Crippen LogP contribution in [0.3, 0.4) is 0 Å². The van der Waals surface area contributed by atoms with Crippen molar-refractivity contribution in [3.63, 3.8) is 0 Å². The van der Waals surface area contributed by atoms with Gasteiger partial charge < -0.3 is 5.32 Å². The largest absolute Gasteiger partial charge is 0.312 e. The quantitative estimate of drug-likeness (QED) is 0.638. The van der Waals surface area contributed by atoms with E-state index in [0.29, 0.717) is 0 Å². The van der Waals surface area contributed by atoms with Gasteiger partial charge in [0.2, 0.25) is 0 Å². The molecular weight excluding hydrogens is 158 g/mol. The summed E-state index contributed by atoms with van der Waals surface area (Å²) in [5, 5.41) is 3.48. The zero-order valence-electron chi connectivity index (χ0n) is 8.43. The molecule has 70 valence electrons. The Morgan fingerprint density at radius 1 is 1.38 bits per heavy atom. The fourth-order valence-corrected chi connectivity index (χ4v) is 2.09. The zero-order valence-corrected chi connectivity index (χ0v) is 8.43. The summed E-state index contributed by atoms with van der Waals surface area (Å²) in [4.78, 5) is 0. The SMILES string of the molecule is Cc1cccc2c1CC(C)CNC2. The lowest BCUT2D eigenvalue weighted by molar-refractivity contribution is 0.533. The first-order chi connectivity index (χ1) is 6.27. The summed E-state index contributed by atoms with van der Waals surface area (Å²) in [6, 6.07) is 6.62. The molecule has 1 unspecified atom stereocenters. The molecule has 1 aromatic rings. The van der Waals surface area contributed by atoms with Gasteiger partial charge in [-0.05, 0) is 42.5 Å². The molecular formula is C12H17N. The highest BCUT2D eigenvalue weighted by atomic mass is 14.9. The van der Waals surface area contributed by atoms with E-state index in [0.717, 1.165) is 19.0 Å². The Morgan fingerprint density at radius 2 is 2.23 bits per heavy atom. The van der Waals surface area contributed by atoms with Crippen LogP contribution in [-0.4, -0.2) is 6.54 Å². The monoisotopic (exact) mass is 175 g/mol. The fraction of sp³-hybridized carbons (Fsp3) is 0.500. The summed E-state index contributed by atoms with van der Waals surface area (Å²) < 4.78 is 0. The lowest BCUT2D eigenvalue weighted by Crippen LogP contribution is -2.17. The number of aryl methyl sites for hydroxylation is 1. The molecule has 0 radical (unpaired) electrons. The lowest BCUT2D eigenvalue weighted by atomic mass is 9.95. The molecule has 1 heterocycles. The Bertz CT molecular complexity index is 304. The second-order valence-corrected chi connectivity index (χ2v) is 4.15. The molecule has 1 atom stereocenters. The average molecular weight is 175 g/mol. The first kappa shape index (κ1) is 8.76. The average Bonchev–Trinajstić information content (AvgIpc) is 2.28.